The molecule has 2 heterocycles. The molecule has 1 aromatic heterocycles. The molecule has 3 rings (SSSR count). The van der Waals surface area contributed by atoms with Gasteiger partial charge in [-0.05, 0) is 36.6 Å². The highest BCUT2D eigenvalue weighted by Gasteiger charge is 2.24. The topological polar surface area (TPSA) is 42.4 Å². The van der Waals surface area contributed by atoms with E-state index in [1.54, 1.807) is 18.0 Å². The molecular formula is C14H14N2O2S. The third-order valence-electron chi connectivity index (χ3n) is 3.30. The minimum Gasteiger partial charge on any atom is -0.497 e. The molecule has 4 nitrogen and oxygen atoms in total. The van der Waals surface area contributed by atoms with Crippen molar-refractivity contribution in [2.45, 2.75) is 12.8 Å². The predicted molar refractivity (Wildman–Crippen MR) is 75.1 cm³/mol. The summed E-state index contributed by atoms with van der Waals surface area (Å²) >= 11 is 1.44. The number of hydrogen-bond acceptors (Lipinski definition) is 4. The van der Waals surface area contributed by atoms with Gasteiger partial charge in [-0.2, -0.15) is 0 Å². The third kappa shape index (κ3) is 2.21. The van der Waals surface area contributed by atoms with Gasteiger partial charge < -0.3 is 9.64 Å². The van der Waals surface area contributed by atoms with Gasteiger partial charge in [0.05, 0.1) is 12.6 Å². The summed E-state index contributed by atoms with van der Waals surface area (Å²) in [6.07, 6.45) is 1.95. The van der Waals surface area contributed by atoms with E-state index in [4.69, 9.17) is 4.74 Å². The number of methoxy groups -OCH3 is 1. The zero-order valence-electron chi connectivity index (χ0n) is 10.6. The van der Waals surface area contributed by atoms with Crippen molar-refractivity contribution in [1.82, 2.24) is 4.98 Å². The molecule has 1 amide bonds. The van der Waals surface area contributed by atoms with Gasteiger partial charge in [0, 0.05) is 17.6 Å². The summed E-state index contributed by atoms with van der Waals surface area (Å²) < 4.78 is 5.23. The van der Waals surface area contributed by atoms with E-state index in [2.05, 4.69) is 4.98 Å². The first-order valence-corrected chi connectivity index (χ1v) is 7.11. The van der Waals surface area contributed by atoms with Gasteiger partial charge >= 0.3 is 0 Å². The van der Waals surface area contributed by atoms with Crippen molar-refractivity contribution < 1.29 is 9.53 Å². The largest absolute Gasteiger partial charge is 0.497 e. The maximum absolute atomic E-state index is 12.4. The first kappa shape index (κ1) is 12.2. The van der Waals surface area contributed by atoms with Crippen LogP contribution in [0.1, 0.15) is 22.5 Å². The average Bonchev–Trinajstić information content (AvgIpc) is 2.99. The number of thiazole rings is 1. The normalized spacial score (nSPS) is 14.1. The highest BCUT2D eigenvalue weighted by atomic mass is 32.1. The molecule has 1 aromatic carbocycles. The lowest BCUT2D eigenvalue weighted by Gasteiger charge is -2.29. The Bertz CT molecular complexity index is 595. The molecule has 0 bridgehead atoms. The fourth-order valence-corrected chi connectivity index (χ4v) is 2.89. The van der Waals surface area contributed by atoms with Crippen LogP contribution in [0, 0.1) is 0 Å². The van der Waals surface area contributed by atoms with E-state index in [9.17, 15) is 4.79 Å². The van der Waals surface area contributed by atoms with Gasteiger partial charge in [-0.1, -0.05) is 0 Å². The molecule has 5 heteroatoms. The van der Waals surface area contributed by atoms with Crippen LogP contribution in [0.2, 0.25) is 0 Å². The van der Waals surface area contributed by atoms with Gasteiger partial charge in [0.15, 0.2) is 0 Å². The summed E-state index contributed by atoms with van der Waals surface area (Å²) in [6.45, 7) is 0.746. The maximum atomic E-state index is 12.4. The molecule has 0 spiro atoms. The van der Waals surface area contributed by atoms with Crippen molar-refractivity contribution in [3.8, 4) is 5.75 Å². The van der Waals surface area contributed by atoms with E-state index in [0.717, 1.165) is 36.4 Å². The molecule has 0 unspecified atom stereocenters. The second-order valence-corrected chi connectivity index (χ2v) is 5.15. The van der Waals surface area contributed by atoms with Crippen molar-refractivity contribution in [1.29, 1.82) is 0 Å². The van der Waals surface area contributed by atoms with Crippen molar-refractivity contribution in [3.05, 3.63) is 40.3 Å². The summed E-state index contributed by atoms with van der Waals surface area (Å²) in [6, 6.07) is 5.86. The van der Waals surface area contributed by atoms with Crippen LogP contribution < -0.4 is 9.64 Å². The van der Waals surface area contributed by atoms with Crippen LogP contribution >= 0.6 is 11.3 Å². The Hall–Kier alpha value is -1.88. The molecule has 0 fully saturated rings. The van der Waals surface area contributed by atoms with Crippen LogP contribution in [-0.2, 0) is 6.42 Å². The van der Waals surface area contributed by atoms with Crippen LogP contribution in [0.5, 0.6) is 5.75 Å². The fraction of sp³-hybridized carbons (Fsp3) is 0.286. The average molecular weight is 274 g/mol. The van der Waals surface area contributed by atoms with E-state index in [1.807, 2.05) is 23.1 Å². The molecule has 1 aliphatic heterocycles. The van der Waals surface area contributed by atoms with Crippen LogP contribution in [0.3, 0.4) is 0 Å². The summed E-state index contributed by atoms with van der Waals surface area (Å²) in [5.41, 5.74) is 4.35. The highest BCUT2D eigenvalue weighted by molar-refractivity contribution is 7.07. The minimum atomic E-state index is -0.0210. The highest BCUT2D eigenvalue weighted by Crippen LogP contribution is 2.31. The lowest BCUT2D eigenvalue weighted by atomic mass is 10.0. The first-order chi connectivity index (χ1) is 9.29. The summed E-state index contributed by atoms with van der Waals surface area (Å²) in [7, 11) is 1.66. The predicted octanol–water partition coefficient (Wildman–Crippen LogP) is 2.74. The summed E-state index contributed by atoms with van der Waals surface area (Å²) in [5.74, 6) is 0.814. The van der Waals surface area contributed by atoms with E-state index in [-0.39, 0.29) is 5.91 Å². The number of hydrogen-bond donors (Lipinski definition) is 0. The number of anilines is 1. The molecular weight excluding hydrogens is 260 g/mol. The Morgan fingerprint density at radius 1 is 1.47 bits per heavy atom. The van der Waals surface area contributed by atoms with Gasteiger partial charge in [0.1, 0.15) is 11.4 Å². The lowest BCUT2D eigenvalue weighted by Crippen LogP contribution is -2.35. The Balaban J connectivity index is 1.96. The zero-order valence-corrected chi connectivity index (χ0v) is 11.4. The Labute approximate surface area is 115 Å². The van der Waals surface area contributed by atoms with E-state index in [0.29, 0.717) is 5.69 Å². The van der Waals surface area contributed by atoms with Crippen molar-refractivity contribution in [2.24, 2.45) is 0 Å². The Morgan fingerprint density at radius 2 is 2.37 bits per heavy atom. The zero-order chi connectivity index (χ0) is 13.2. The van der Waals surface area contributed by atoms with Gasteiger partial charge in [0.25, 0.3) is 5.91 Å². The molecule has 0 aliphatic carbocycles. The van der Waals surface area contributed by atoms with Gasteiger partial charge in [-0.3, -0.25) is 4.79 Å². The number of nitrogens with zero attached hydrogens (tertiary/aromatic N) is 2. The summed E-state index contributed by atoms with van der Waals surface area (Å²) in [4.78, 5) is 18.3. The number of aryl methyl sites for hydroxylation is 1. The molecule has 0 radical (unpaired) electrons. The standard InChI is InChI=1S/C14H14N2O2S/c1-18-11-4-5-13-10(7-11)3-2-6-16(13)14(17)12-8-19-9-15-12/h4-5,7-9H,2-3,6H2,1H3. The van der Waals surface area contributed by atoms with Crippen LogP contribution in [0.4, 0.5) is 5.69 Å². The second-order valence-electron chi connectivity index (χ2n) is 4.43. The number of amides is 1. The second kappa shape index (κ2) is 5.01. The number of fused-ring (bicyclic) bond motifs is 1. The molecule has 2 aromatic rings. The van der Waals surface area contributed by atoms with Crippen LogP contribution in [0.15, 0.2) is 29.1 Å². The number of aromatic nitrogens is 1. The van der Waals surface area contributed by atoms with Gasteiger partial charge in [0.2, 0.25) is 0 Å². The SMILES string of the molecule is COc1ccc2c(c1)CCCN2C(=O)c1cscn1. The van der Waals surface area contributed by atoms with Gasteiger partial charge in [-0.25, -0.2) is 4.98 Å². The number of benzene rings is 1. The van der Waals surface area contributed by atoms with Crippen molar-refractivity contribution in [2.75, 3.05) is 18.6 Å². The van der Waals surface area contributed by atoms with Gasteiger partial charge in [-0.15, -0.1) is 11.3 Å². The number of carbonyl (C=O) groups is 1. The minimum absolute atomic E-state index is 0.0210. The summed E-state index contributed by atoms with van der Waals surface area (Å²) in [5, 5.41) is 1.79. The van der Waals surface area contributed by atoms with Crippen LogP contribution in [-0.4, -0.2) is 24.5 Å². The van der Waals surface area contributed by atoms with E-state index < -0.39 is 0 Å². The van der Waals surface area contributed by atoms with Crippen LogP contribution in [0.25, 0.3) is 0 Å². The number of ether oxygens (including phenoxy) is 1. The molecule has 98 valence electrons. The lowest BCUT2D eigenvalue weighted by molar-refractivity contribution is 0.0981. The Kier molecular flexibility index (Phi) is 3.21. The monoisotopic (exact) mass is 274 g/mol. The molecule has 19 heavy (non-hydrogen) atoms. The quantitative estimate of drug-likeness (QED) is 0.845. The van der Waals surface area contributed by atoms with Crippen molar-refractivity contribution >= 4 is 22.9 Å². The molecule has 1 aliphatic rings. The van der Waals surface area contributed by atoms with Crippen molar-refractivity contribution in [3.63, 3.8) is 0 Å². The number of rotatable bonds is 2. The molecule has 0 atom stereocenters. The van der Waals surface area contributed by atoms with E-state index >= 15 is 0 Å². The fourth-order valence-electron chi connectivity index (χ4n) is 2.37. The third-order valence-corrected chi connectivity index (χ3v) is 3.89. The van der Waals surface area contributed by atoms with E-state index in [1.165, 1.54) is 11.3 Å². The maximum Gasteiger partial charge on any atom is 0.277 e. The number of carbonyl (C=O) groups excluding carboxylic acids is 1. The smallest absolute Gasteiger partial charge is 0.277 e. The molecule has 0 saturated carbocycles. The Morgan fingerprint density at radius 3 is 3.11 bits per heavy atom. The molecule has 0 saturated heterocycles. The first-order valence-electron chi connectivity index (χ1n) is 6.16. The molecule has 0 N–H and O–H groups in total.